The minimum atomic E-state index is -0.600. The van der Waals surface area contributed by atoms with Crippen molar-refractivity contribution in [2.24, 2.45) is 22.7 Å². The van der Waals surface area contributed by atoms with Crippen LogP contribution in [0.3, 0.4) is 0 Å². The van der Waals surface area contributed by atoms with Crippen molar-refractivity contribution in [3.8, 4) is 0 Å². The Morgan fingerprint density at radius 3 is 2.87 bits per heavy atom. The van der Waals surface area contributed by atoms with Crippen LogP contribution in [-0.2, 0) is 4.79 Å². The summed E-state index contributed by atoms with van der Waals surface area (Å²) < 4.78 is 0. The standard InChI is InChI=1S/C13H16O2/c1-9-4-7-12-5-2-3-6-13(12,8-9)10(12)11(14)15/h2-4,7,9-10H,5-6,8H2,1H3,(H,14,15)/t9-,10+,12?,13?/m1/s1. The molecule has 0 aromatic rings. The largest absolute Gasteiger partial charge is 0.481 e. The van der Waals surface area contributed by atoms with Gasteiger partial charge in [0.25, 0.3) is 0 Å². The fraction of sp³-hybridized carbons (Fsp3) is 0.615. The van der Waals surface area contributed by atoms with Crippen molar-refractivity contribution in [1.82, 2.24) is 0 Å². The molecular formula is C13H16O2. The molecule has 1 saturated carbocycles. The zero-order chi connectivity index (χ0) is 10.7. The Hall–Kier alpha value is -1.05. The van der Waals surface area contributed by atoms with Gasteiger partial charge in [-0.3, -0.25) is 4.79 Å². The molecule has 1 fully saturated rings. The highest BCUT2D eigenvalue weighted by Gasteiger charge is 2.78. The van der Waals surface area contributed by atoms with Gasteiger partial charge in [-0.1, -0.05) is 31.2 Å². The zero-order valence-electron chi connectivity index (χ0n) is 8.94. The van der Waals surface area contributed by atoms with E-state index in [4.69, 9.17) is 0 Å². The van der Waals surface area contributed by atoms with Gasteiger partial charge in [0.15, 0.2) is 0 Å². The molecule has 2 heteroatoms. The highest BCUT2D eigenvalue weighted by Crippen LogP contribution is 2.79. The molecule has 0 aromatic carbocycles. The molecule has 0 aromatic heterocycles. The van der Waals surface area contributed by atoms with E-state index in [-0.39, 0.29) is 16.7 Å². The van der Waals surface area contributed by atoms with Gasteiger partial charge in [-0.05, 0) is 30.6 Å². The predicted octanol–water partition coefficient (Wildman–Crippen LogP) is 2.62. The Morgan fingerprint density at radius 2 is 2.13 bits per heavy atom. The van der Waals surface area contributed by atoms with Gasteiger partial charge in [-0.15, -0.1) is 0 Å². The number of hydrogen-bond donors (Lipinski definition) is 1. The third-order valence-corrected chi connectivity index (χ3v) is 4.67. The summed E-state index contributed by atoms with van der Waals surface area (Å²) in [5.41, 5.74) is 0.0296. The lowest BCUT2D eigenvalue weighted by Gasteiger charge is -2.30. The van der Waals surface area contributed by atoms with E-state index in [1.54, 1.807) is 0 Å². The first kappa shape index (κ1) is 9.20. The van der Waals surface area contributed by atoms with Crippen LogP contribution in [0.25, 0.3) is 0 Å². The molecule has 1 N–H and O–H groups in total. The number of hydrogen-bond acceptors (Lipinski definition) is 1. The fourth-order valence-corrected chi connectivity index (χ4v) is 4.05. The van der Waals surface area contributed by atoms with Crippen LogP contribution in [0.5, 0.6) is 0 Å². The first-order chi connectivity index (χ1) is 7.12. The maximum absolute atomic E-state index is 11.3. The molecule has 4 atom stereocenters. The number of rotatable bonds is 1. The van der Waals surface area contributed by atoms with Crippen molar-refractivity contribution in [3.05, 3.63) is 24.3 Å². The number of carbonyl (C=O) groups is 1. The first-order valence-corrected chi connectivity index (χ1v) is 5.70. The highest BCUT2D eigenvalue weighted by atomic mass is 16.4. The van der Waals surface area contributed by atoms with E-state index in [0.29, 0.717) is 5.92 Å². The van der Waals surface area contributed by atoms with Crippen molar-refractivity contribution in [2.45, 2.75) is 26.2 Å². The maximum Gasteiger partial charge on any atom is 0.308 e. The second-order valence-corrected chi connectivity index (χ2v) is 5.39. The molecule has 3 aliphatic carbocycles. The van der Waals surface area contributed by atoms with E-state index in [9.17, 15) is 9.90 Å². The van der Waals surface area contributed by atoms with E-state index >= 15 is 0 Å². The van der Waals surface area contributed by atoms with Crippen molar-refractivity contribution in [2.75, 3.05) is 0 Å². The lowest BCUT2D eigenvalue weighted by molar-refractivity contribution is -0.139. The minimum Gasteiger partial charge on any atom is -0.481 e. The molecule has 3 rings (SSSR count). The third kappa shape index (κ3) is 0.882. The van der Waals surface area contributed by atoms with Crippen LogP contribution < -0.4 is 0 Å². The van der Waals surface area contributed by atoms with Crippen LogP contribution in [0.1, 0.15) is 26.2 Å². The van der Waals surface area contributed by atoms with Crippen LogP contribution in [0.2, 0.25) is 0 Å². The van der Waals surface area contributed by atoms with Crippen LogP contribution in [-0.4, -0.2) is 11.1 Å². The van der Waals surface area contributed by atoms with Gasteiger partial charge in [-0.25, -0.2) is 0 Å². The molecule has 0 heterocycles. The van der Waals surface area contributed by atoms with Crippen LogP contribution >= 0.6 is 0 Å². The summed E-state index contributed by atoms with van der Waals surface area (Å²) in [4.78, 5) is 11.3. The van der Waals surface area contributed by atoms with Crippen molar-refractivity contribution in [3.63, 3.8) is 0 Å². The second kappa shape index (κ2) is 2.55. The summed E-state index contributed by atoms with van der Waals surface area (Å²) in [6, 6.07) is 0. The minimum absolute atomic E-state index is 0.0277. The van der Waals surface area contributed by atoms with E-state index in [0.717, 1.165) is 19.3 Å². The lowest BCUT2D eigenvalue weighted by atomic mass is 9.74. The molecule has 3 aliphatic rings. The molecule has 0 aliphatic heterocycles. The average Bonchev–Trinajstić information content (AvgIpc) is 2.80. The molecule has 80 valence electrons. The smallest absolute Gasteiger partial charge is 0.308 e. The Kier molecular flexibility index (Phi) is 1.56. The van der Waals surface area contributed by atoms with Gasteiger partial charge in [0, 0.05) is 5.41 Å². The van der Waals surface area contributed by atoms with Crippen LogP contribution in [0, 0.1) is 22.7 Å². The number of aliphatic carboxylic acids is 1. The van der Waals surface area contributed by atoms with Gasteiger partial charge in [0.05, 0.1) is 5.92 Å². The summed E-state index contributed by atoms with van der Waals surface area (Å²) >= 11 is 0. The second-order valence-electron chi connectivity index (χ2n) is 5.39. The monoisotopic (exact) mass is 204 g/mol. The van der Waals surface area contributed by atoms with Crippen molar-refractivity contribution in [1.29, 1.82) is 0 Å². The summed E-state index contributed by atoms with van der Waals surface area (Å²) in [5.74, 6) is -0.201. The van der Waals surface area contributed by atoms with E-state index in [2.05, 4.69) is 31.2 Å². The van der Waals surface area contributed by atoms with Crippen molar-refractivity contribution >= 4 is 5.97 Å². The Labute approximate surface area is 89.7 Å². The lowest BCUT2D eigenvalue weighted by Crippen LogP contribution is -2.20. The zero-order valence-corrected chi connectivity index (χ0v) is 8.94. The van der Waals surface area contributed by atoms with E-state index in [1.807, 2.05) is 0 Å². The Balaban J connectivity index is 2.06. The van der Waals surface area contributed by atoms with E-state index in [1.165, 1.54) is 0 Å². The topological polar surface area (TPSA) is 37.3 Å². The first-order valence-electron chi connectivity index (χ1n) is 5.70. The number of carboxylic acid groups (broad SMARTS) is 1. The van der Waals surface area contributed by atoms with Gasteiger partial charge < -0.3 is 5.11 Å². The third-order valence-electron chi connectivity index (χ3n) is 4.67. The number of allylic oxidation sites excluding steroid dienone is 4. The molecule has 15 heavy (non-hydrogen) atoms. The van der Waals surface area contributed by atoms with Crippen LogP contribution in [0.15, 0.2) is 24.3 Å². The molecular weight excluding hydrogens is 188 g/mol. The van der Waals surface area contributed by atoms with Gasteiger partial charge in [0.2, 0.25) is 0 Å². The molecule has 0 amide bonds. The molecule has 2 unspecified atom stereocenters. The normalized spacial score (nSPS) is 50.7. The maximum atomic E-state index is 11.3. The fourth-order valence-electron chi connectivity index (χ4n) is 4.05. The Morgan fingerprint density at radius 1 is 1.40 bits per heavy atom. The van der Waals surface area contributed by atoms with Gasteiger partial charge in [-0.2, -0.15) is 0 Å². The van der Waals surface area contributed by atoms with E-state index < -0.39 is 5.97 Å². The Bertz CT molecular complexity index is 382. The SMILES string of the molecule is C[C@@H]1C=CC23CC=CCC2(C1)[C@H]3C(=O)O. The van der Waals surface area contributed by atoms with Gasteiger partial charge in [0.1, 0.15) is 0 Å². The molecule has 0 bridgehead atoms. The summed E-state index contributed by atoms with van der Waals surface area (Å²) in [6.45, 7) is 2.19. The summed E-state index contributed by atoms with van der Waals surface area (Å²) in [7, 11) is 0. The average molecular weight is 204 g/mol. The molecule has 0 radical (unpaired) electrons. The predicted molar refractivity (Wildman–Crippen MR) is 57.3 cm³/mol. The van der Waals surface area contributed by atoms with Crippen LogP contribution in [0.4, 0.5) is 0 Å². The van der Waals surface area contributed by atoms with Crippen molar-refractivity contribution < 1.29 is 9.90 Å². The molecule has 0 saturated heterocycles. The quantitative estimate of drug-likeness (QED) is 0.667. The highest BCUT2D eigenvalue weighted by molar-refractivity contribution is 5.79. The number of carboxylic acids is 1. The van der Waals surface area contributed by atoms with Gasteiger partial charge >= 0.3 is 5.97 Å². The summed E-state index contributed by atoms with van der Waals surface area (Å²) in [6.07, 6.45) is 11.7. The molecule has 2 nitrogen and oxygen atoms in total. The summed E-state index contributed by atoms with van der Waals surface area (Å²) in [5, 5.41) is 9.33. The molecule has 0 spiro atoms.